The van der Waals surface area contributed by atoms with E-state index in [1.807, 2.05) is 41.2 Å². The van der Waals surface area contributed by atoms with Gasteiger partial charge in [0.2, 0.25) is 5.91 Å². The topological polar surface area (TPSA) is 67.2 Å². The molecule has 1 aromatic carbocycles. The Kier molecular flexibility index (Phi) is 5.81. The van der Waals surface area contributed by atoms with Crippen LogP contribution >= 0.6 is 0 Å². The van der Waals surface area contributed by atoms with Gasteiger partial charge >= 0.3 is 0 Å². The van der Waals surface area contributed by atoms with E-state index in [2.05, 4.69) is 28.7 Å². The molecule has 1 saturated carbocycles. The quantitative estimate of drug-likeness (QED) is 0.605. The Balaban J connectivity index is 1.50. The first-order chi connectivity index (χ1) is 15.7. The van der Waals surface area contributed by atoms with E-state index < -0.39 is 0 Å². The third-order valence-electron chi connectivity index (χ3n) is 7.04. The molecule has 0 N–H and O–H groups in total. The molecule has 0 bridgehead atoms. The summed E-state index contributed by atoms with van der Waals surface area (Å²) in [4.78, 5) is 27.2. The molecule has 1 aliphatic heterocycles. The summed E-state index contributed by atoms with van der Waals surface area (Å²) in [6, 6.07) is 10.1. The number of fused-ring (bicyclic) bond motifs is 1. The molecule has 2 aliphatic rings. The number of aromatic nitrogens is 4. The van der Waals surface area contributed by atoms with E-state index in [1.54, 1.807) is 0 Å². The van der Waals surface area contributed by atoms with Crippen LogP contribution in [0.2, 0.25) is 0 Å². The van der Waals surface area contributed by atoms with Gasteiger partial charge in [0, 0.05) is 38.0 Å². The zero-order valence-electron chi connectivity index (χ0n) is 19.1. The molecule has 1 atom stereocenters. The number of amides is 1. The standard InChI is InChI=1S/C25H32N6O/c1-3-18(2)22-27-23(21-17-26-31(24(21)28-22)20-11-5-4-6-12-20)29-13-8-14-30(16-15-29)25(32)19-9-7-10-19/h4-6,11-12,17-19H,3,7-10,13-16H2,1-2H3/t18-/m1/s1. The Bertz CT molecular complexity index is 1090. The lowest BCUT2D eigenvalue weighted by Crippen LogP contribution is -2.41. The van der Waals surface area contributed by atoms with E-state index in [4.69, 9.17) is 9.97 Å². The summed E-state index contributed by atoms with van der Waals surface area (Å²) in [5.74, 6) is 2.68. The summed E-state index contributed by atoms with van der Waals surface area (Å²) in [6.07, 6.45) is 7.13. The van der Waals surface area contributed by atoms with Crippen molar-refractivity contribution in [3.63, 3.8) is 0 Å². The van der Waals surface area contributed by atoms with Gasteiger partial charge in [0.1, 0.15) is 11.6 Å². The number of hydrogen-bond donors (Lipinski definition) is 0. The van der Waals surface area contributed by atoms with Crippen LogP contribution in [0.15, 0.2) is 36.5 Å². The minimum atomic E-state index is 0.258. The van der Waals surface area contributed by atoms with E-state index >= 15 is 0 Å². The van der Waals surface area contributed by atoms with Crippen molar-refractivity contribution in [2.75, 3.05) is 31.1 Å². The molecule has 168 valence electrons. The van der Waals surface area contributed by atoms with Crippen LogP contribution in [0.3, 0.4) is 0 Å². The summed E-state index contributed by atoms with van der Waals surface area (Å²) >= 11 is 0. The number of nitrogens with zero attached hydrogens (tertiary/aromatic N) is 6. The Labute approximate surface area is 189 Å². The lowest BCUT2D eigenvalue weighted by Gasteiger charge is -2.31. The van der Waals surface area contributed by atoms with Gasteiger partial charge in [-0.1, -0.05) is 38.5 Å². The highest BCUT2D eigenvalue weighted by atomic mass is 16.2. The Morgan fingerprint density at radius 3 is 2.59 bits per heavy atom. The molecular weight excluding hydrogens is 400 g/mol. The molecule has 5 rings (SSSR count). The van der Waals surface area contributed by atoms with Crippen LogP contribution in [0.4, 0.5) is 5.82 Å². The zero-order chi connectivity index (χ0) is 22.1. The van der Waals surface area contributed by atoms with E-state index in [-0.39, 0.29) is 11.8 Å². The predicted molar refractivity (Wildman–Crippen MR) is 126 cm³/mol. The second-order valence-corrected chi connectivity index (χ2v) is 9.14. The lowest BCUT2D eigenvalue weighted by atomic mass is 9.84. The summed E-state index contributed by atoms with van der Waals surface area (Å²) < 4.78 is 1.91. The minimum Gasteiger partial charge on any atom is -0.354 e. The monoisotopic (exact) mass is 432 g/mol. The van der Waals surface area contributed by atoms with Gasteiger partial charge in [-0.3, -0.25) is 4.79 Å². The van der Waals surface area contributed by atoms with Crippen LogP contribution in [-0.4, -0.2) is 56.7 Å². The number of carbonyl (C=O) groups excluding carboxylic acids is 1. The Morgan fingerprint density at radius 2 is 1.88 bits per heavy atom. The van der Waals surface area contributed by atoms with Gasteiger partial charge in [-0.25, -0.2) is 14.6 Å². The minimum absolute atomic E-state index is 0.258. The van der Waals surface area contributed by atoms with Crippen LogP contribution in [0.1, 0.15) is 57.7 Å². The molecular formula is C25H32N6O. The molecule has 1 aliphatic carbocycles. The highest BCUT2D eigenvalue weighted by Crippen LogP contribution is 2.31. The van der Waals surface area contributed by atoms with Crippen molar-refractivity contribution < 1.29 is 4.79 Å². The molecule has 2 fully saturated rings. The van der Waals surface area contributed by atoms with Crippen LogP contribution in [0.5, 0.6) is 0 Å². The van der Waals surface area contributed by atoms with Crippen molar-refractivity contribution in [3.05, 3.63) is 42.4 Å². The average Bonchev–Trinajstić information content (AvgIpc) is 3.06. The van der Waals surface area contributed by atoms with E-state index in [0.29, 0.717) is 5.91 Å². The molecule has 0 unspecified atom stereocenters. The summed E-state index contributed by atoms with van der Waals surface area (Å²) in [7, 11) is 0. The summed E-state index contributed by atoms with van der Waals surface area (Å²) in [5.41, 5.74) is 1.85. The molecule has 1 amide bonds. The second-order valence-electron chi connectivity index (χ2n) is 9.14. The summed E-state index contributed by atoms with van der Waals surface area (Å²) in [6.45, 7) is 7.61. The molecule has 0 radical (unpaired) electrons. The highest BCUT2D eigenvalue weighted by molar-refractivity contribution is 5.88. The molecule has 3 aromatic rings. The normalized spacial score (nSPS) is 18.4. The first kappa shape index (κ1) is 20.9. The Morgan fingerprint density at radius 1 is 1.06 bits per heavy atom. The lowest BCUT2D eigenvalue weighted by molar-refractivity contribution is -0.137. The maximum absolute atomic E-state index is 12.8. The summed E-state index contributed by atoms with van der Waals surface area (Å²) in [5, 5.41) is 5.65. The highest BCUT2D eigenvalue weighted by Gasteiger charge is 2.31. The van der Waals surface area contributed by atoms with Crippen molar-refractivity contribution in [1.29, 1.82) is 0 Å². The molecule has 0 spiro atoms. The number of benzene rings is 1. The molecule has 3 heterocycles. The van der Waals surface area contributed by atoms with Crippen molar-refractivity contribution in [2.24, 2.45) is 5.92 Å². The fraction of sp³-hybridized carbons (Fsp3) is 0.520. The van der Waals surface area contributed by atoms with Gasteiger partial charge in [0.25, 0.3) is 0 Å². The zero-order valence-corrected chi connectivity index (χ0v) is 19.1. The largest absolute Gasteiger partial charge is 0.354 e. The van der Waals surface area contributed by atoms with Gasteiger partial charge in [-0.05, 0) is 37.8 Å². The predicted octanol–water partition coefficient (Wildman–Crippen LogP) is 4.17. The Hall–Kier alpha value is -2.96. The van der Waals surface area contributed by atoms with Crippen molar-refractivity contribution in [2.45, 2.75) is 51.9 Å². The maximum Gasteiger partial charge on any atom is 0.225 e. The number of hydrogen-bond acceptors (Lipinski definition) is 5. The fourth-order valence-corrected chi connectivity index (χ4v) is 4.57. The van der Waals surface area contributed by atoms with Crippen LogP contribution in [0.25, 0.3) is 16.7 Å². The number of carbonyl (C=O) groups is 1. The smallest absolute Gasteiger partial charge is 0.225 e. The molecule has 32 heavy (non-hydrogen) atoms. The fourth-order valence-electron chi connectivity index (χ4n) is 4.57. The van der Waals surface area contributed by atoms with Crippen LogP contribution in [-0.2, 0) is 4.79 Å². The van der Waals surface area contributed by atoms with Crippen molar-refractivity contribution >= 4 is 22.8 Å². The molecule has 1 saturated heterocycles. The maximum atomic E-state index is 12.8. The SMILES string of the molecule is CC[C@@H](C)c1nc(N2CCCN(C(=O)C3CCC3)CC2)c2cnn(-c3ccccc3)c2n1. The van der Waals surface area contributed by atoms with Gasteiger partial charge in [-0.15, -0.1) is 0 Å². The molecule has 2 aromatic heterocycles. The van der Waals surface area contributed by atoms with Crippen LogP contribution < -0.4 is 4.90 Å². The number of para-hydroxylation sites is 1. The molecule has 7 heteroatoms. The van der Waals surface area contributed by atoms with Gasteiger partial charge in [0.05, 0.1) is 17.3 Å². The van der Waals surface area contributed by atoms with Crippen LogP contribution in [0, 0.1) is 5.92 Å². The number of anilines is 1. The van der Waals surface area contributed by atoms with Crippen molar-refractivity contribution in [1.82, 2.24) is 24.6 Å². The van der Waals surface area contributed by atoms with Crippen molar-refractivity contribution in [3.8, 4) is 5.69 Å². The first-order valence-corrected chi connectivity index (χ1v) is 12.0. The van der Waals surface area contributed by atoms with Gasteiger partial charge < -0.3 is 9.80 Å². The van der Waals surface area contributed by atoms with Gasteiger partial charge in [0.15, 0.2) is 5.65 Å². The van der Waals surface area contributed by atoms with E-state index in [0.717, 1.165) is 80.2 Å². The first-order valence-electron chi connectivity index (χ1n) is 12.0. The number of rotatable bonds is 5. The second kappa shape index (κ2) is 8.88. The average molecular weight is 433 g/mol. The van der Waals surface area contributed by atoms with E-state index in [1.165, 1.54) is 6.42 Å². The van der Waals surface area contributed by atoms with Gasteiger partial charge in [-0.2, -0.15) is 5.10 Å². The third-order valence-corrected chi connectivity index (χ3v) is 7.04. The third kappa shape index (κ3) is 3.85. The van der Waals surface area contributed by atoms with E-state index in [9.17, 15) is 4.79 Å². The molecule has 7 nitrogen and oxygen atoms in total.